The predicted octanol–water partition coefficient (Wildman–Crippen LogP) is 6.29. The van der Waals surface area contributed by atoms with Crippen molar-refractivity contribution in [2.24, 2.45) is 17.8 Å². The molecule has 1 spiro atoms. The van der Waals surface area contributed by atoms with E-state index in [0.29, 0.717) is 5.41 Å². The molecule has 4 fully saturated rings. The van der Waals surface area contributed by atoms with E-state index in [0.717, 1.165) is 23.7 Å². The Kier molecular flexibility index (Phi) is 2.48. The highest BCUT2D eigenvalue weighted by molar-refractivity contribution is 9.10. The minimum Gasteiger partial charge on any atom is -0.0619 e. The first-order valence-electron chi connectivity index (χ1n) is 9.14. The molecule has 4 saturated carbocycles. The van der Waals surface area contributed by atoms with Gasteiger partial charge in [0.25, 0.3) is 0 Å². The van der Waals surface area contributed by atoms with Gasteiger partial charge in [-0.15, -0.1) is 0 Å². The van der Waals surface area contributed by atoms with Gasteiger partial charge in [0.1, 0.15) is 0 Å². The summed E-state index contributed by atoms with van der Waals surface area (Å²) in [5, 5.41) is 0. The van der Waals surface area contributed by atoms with Crippen LogP contribution in [0.25, 0.3) is 11.1 Å². The highest BCUT2D eigenvalue weighted by atomic mass is 79.9. The van der Waals surface area contributed by atoms with Gasteiger partial charge in [0.15, 0.2) is 0 Å². The predicted molar refractivity (Wildman–Crippen MR) is 97.6 cm³/mol. The van der Waals surface area contributed by atoms with E-state index in [9.17, 15) is 0 Å². The zero-order valence-electron chi connectivity index (χ0n) is 13.3. The Balaban J connectivity index is 1.71. The van der Waals surface area contributed by atoms with Crippen LogP contribution in [0.5, 0.6) is 0 Å². The summed E-state index contributed by atoms with van der Waals surface area (Å²) in [6.45, 7) is 0. The maximum Gasteiger partial charge on any atom is 0.0256 e. The Morgan fingerprint density at radius 3 is 2.48 bits per heavy atom. The lowest BCUT2D eigenvalue weighted by Crippen LogP contribution is -2.55. The monoisotopic (exact) mass is 364 g/mol. The molecule has 3 unspecified atom stereocenters. The largest absolute Gasteiger partial charge is 0.0619 e. The third-order valence-electron chi connectivity index (χ3n) is 7.43. The topological polar surface area (TPSA) is 0 Å². The summed E-state index contributed by atoms with van der Waals surface area (Å²) in [5.74, 6) is 3.66. The van der Waals surface area contributed by atoms with Crippen molar-refractivity contribution in [3.8, 4) is 11.1 Å². The standard InChI is InChI=1S/C22H21Br/c23-19-7-3-5-17-20(19)16-4-1-2-6-18(16)22-11-13-8-14(12-22)10-15(9-13)21(17)22/h1-7,13-15,21H,8-12H2. The van der Waals surface area contributed by atoms with Crippen molar-refractivity contribution in [3.63, 3.8) is 0 Å². The molecule has 1 heteroatoms. The third kappa shape index (κ3) is 1.53. The molecule has 23 heavy (non-hydrogen) atoms. The SMILES string of the molecule is Brc1cccc2c1-c1ccccc1C13CC4CC(CC(C4)C21)C3. The van der Waals surface area contributed by atoms with Crippen molar-refractivity contribution < 1.29 is 0 Å². The second-order valence-corrected chi connectivity index (χ2v) is 9.35. The molecule has 0 nitrogen and oxygen atoms in total. The van der Waals surface area contributed by atoms with Crippen LogP contribution in [0.2, 0.25) is 0 Å². The summed E-state index contributed by atoms with van der Waals surface area (Å²) in [4.78, 5) is 0. The first-order chi connectivity index (χ1) is 11.3. The maximum absolute atomic E-state index is 3.87. The van der Waals surface area contributed by atoms with Gasteiger partial charge >= 0.3 is 0 Å². The van der Waals surface area contributed by atoms with Crippen molar-refractivity contribution in [2.75, 3.05) is 0 Å². The van der Waals surface area contributed by atoms with Gasteiger partial charge < -0.3 is 0 Å². The van der Waals surface area contributed by atoms with Crippen LogP contribution in [0.3, 0.4) is 0 Å². The first kappa shape index (κ1) is 13.2. The van der Waals surface area contributed by atoms with Gasteiger partial charge in [-0.05, 0) is 84.1 Å². The lowest BCUT2D eigenvalue weighted by atomic mass is 9.40. The fraction of sp³-hybridized carbons (Fsp3) is 0.455. The zero-order valence-corrected chi connectivity index (χ0v) is 14.9. The van der Waals surface area contributed by atoms with Crippen LogP contribution in [0.1, 0.15) is 49.1 Å². The lowest BCUT2D eigenvalue weighted by Gasteiger charge is -2.63. The Morgan fingerprint density at radius 2 is 1.65 bits per heavy atom. The van der Waals surface area contributed by atoms with Gasteiger partial charge in [-0.2, -0.15) is 0 Å². The molecule has 3 atom stereocenters. The molecule has 0 heterocycles. The van der Waals surface area contributed by atoms with Gasteiger partial charge in [-0.25, -0.2) is 0 Å². The van der Waals surface area contributed by atoms with Gasteiger partial charge in [0.2, 0.25) is 0 Å². The van der Waals surface area contributed by atoms with E-state index in [1.807, 2.05) is 0 Å². The number of fused-ring (bicyclic) bond motifs is 3. The van der Waals surface area contributed by atoms with Gasteiger partial charge in [0.05, 0.1) is 0 Å². The summed E-state index contributed by atoms with van der Waals surface area (Å²) in [6.07, 6.45) is 7.35. The van der Waals surface area contributed by atoms with Crippen molar-refractivity contribution in [1.29, 1.82) is 0 Å². The van der Waals surface area contributed by atoms with E-state index in [-0.39, 0.29) is 0 Å². The number of rotatable bonds is 0. The number of hydrogen-bond donors (Lipinski definition) is 0. The highest BCUT2D eigenvalue weighted by Crippen LogP contribution is 2.70. The highest BCUT2D eigenvalue weighted by Gasteiger charge is 2.60. The van der Waals surface area contributed by atoms with Crippen LogP contribution >= 0.6 is 15.9 Å². The van der Waals surface area contributed by atoms with Crippen LogP contribution < -0.4 is 0 Å². The van der Waals surface area contributed by atoms with E-state index in [1.54, 1.807) is 11.1 Å². The summed E-state index contributed by atoms with van der Waals surface area (Å²) >= 11 is 3.87. The fourth-order valence-corrected chi connectivity index (χ4v) is 7.79. The smallest absolute Gasteiger partial charge is 0.0256 e. The van der Waals surface area contributed by atoms with E-state index in [4.69, 9.17) is 0 Å². The first-order valence-corrected chi connectivity index (χ1v) is 9.94. The van der Waals surface area contributed by atoms with Gasteiger partial charge in [-0.1, -0.05) is 52.3 Å². The van der Waals surface area contributed by atoms with E-state index >= 15 is 0 Å². The molecule has 2 aromatic carbocycles. The Morgan fingerprint density at radius 1 is 0.870 bits per heavy atom. The number of hydrogen-bond acceptors (Lipinski definition) is 0. The molecule has 0 N–H and O–H groups in total. The van der Waals surface area contributed by atoms with Crippen molar-refractivity contribution in [3.05, 3.63) is 58.1 Å². The fourth-order valence-electron chi connectivity index (χ4n) is 7.20. The van der Waals surface area contributed by atoms with E-state index < -0.39 is 0 Å². The minimum atomic E-state index is 0.444. The lowest BCUT2D eigenvalue weighted by molar-refractivity contribution is -0.0289. The van der Waals surface area contributed by atoms with Gasteiger partial charge in [0, 0.05) is 9.89 Å². The molecule has 4 bridgehead atoms. The molecule has 0 aromatic heterocycles. The summed E-state index contributed by atoms with van der Waals surface area (Å²) in [6, 6.07) is 16.2. The minimum absolute atomic E-state index is 0.444. The van der Waals surface area contributed by atoms with Crippen LogP contribution in [-0.2, 0) is 5.41 Å². The maximum atomic E-state index is 3.87. The Hall–Kier alpha value is -1.08. The quantitative estimate of drug-likeness (QED) is 0.515. The van der Waals surface area contributed by atoms with E-state index in [1.165, 1.54) is 47.7 Å². The molecule has 0 amide bonds. The Bertz CT molecular complexity index is 806. The molecule has 0 radical (unpaired) electrons. The number of benzene rings is 2. The molecular weight excluding hydrogens is 344 g/mol. The summed E-state index contributed by atoms with van der Waals surface area (Å²) in [5.41, 5.74) is 6.75. The molecule has 0 aliphatic heterocycles. The van der Waals surface area contributed by atoms with E-state index in [2.05, 4.69) is 58.4 Å². The van der Waals surface area contributed by atoms with Crippen LogP contribution in [0, 0.1) is 17.8 Å². The second-order valence-electron chi connectivity index (χ2n) is 8.49. The Labute approximate surface area is 146 Å². The van der Waals surface area contributed by atoms with Crippen molar-refractivity contribution in [1.82, 2.24) is 0 Å². The molecule has 116 valence electrons. The zero-order chi connectivity index (χ0) is 15.2. The summed E-state index contributed by atoms with van der Waals surface area (Å²) < 4.78 is 1.28. The normalized spacial score (nSPS) is 38.8. The van der Waals surface area contributed by atoms with Crippen molar-refractivity contribution >= 4 is 15.9 Å². The molecule has 5 aliphatic carbocycles. The van der Waals surface area contributed by atoms with Crippen LogP contribution in [-0.4, -0.2) is 0 Å². The molecule has 5 aliphatic rings. The van der Waals surface area contributed by atoms with Gasteiger partial charge in [-0.3, -0.25) is 0 Å². The second kappa shape index (κ2) is 4.30. The van der Waals surface area contributed by atoms with Crippen LogP contribution in [0.4, 0.5) is 0 Å². The molecule has 2 aromatic rings. The number of halogens is 1. The average molecular weight is 365 g/mol. The van der Waals surface area contributed by atoms with Crippen molar-refractivity contribution in [2.45, 2.75) is 43.4 Å². The average Bonchev–Trinajstić information content (AvgIpc) is 2.54. The molecule has 7 rings (SSSR count). The summed E-state index contributed by atoms with van der Waals surface area (Å²) in [7, 11) is 0. The van der Waals surface area contributed by atoms with Crippen LogP contribution in [0.15, 0.2) is 46.9 Å². The molecular formula is C22H21Br. The molecule has 0 saturated heterocycles. The third-order valence-corrected chi connectivity index (χ3v) is 8.09.